The predicted molar refractivity (Wildman–Crippen MR) is 117 cm³/mol. The minimum Gasteiger partial charge on any atom is -0.394 e. The standard InChI is InChI=1S/C22H22ClF3N4O/c1-13(2)19(12-31)29-21-28-18(14-6-4-3-5-7-14)11-20(30-21)27-15-8-9-17(23)16(10-15)22(24,25)26/h3-11,13,19,31H,12H2,1-2H3,(H2,27,28,29,30)/t19-/m1/s1. The topological polar surface area (TPSA) is 70.1 Å². The second-order valence-electron chi connectivity index (χ2n) is 7.32. The lowest BCUT2D eigenvalue weighted by atomic mass is 10.1. The van der Waals surface area contributed by atoms with Crippen LogP contribution in [0.5, 0.6) is 0 Å². The van der Waals surface area contributed by atoms with Crippen molar-refractivity contribution < 1.29 is 18.3 Å². The van der Waals surface area contributed by atoms with Gasteiger partial charge in [0.25, 0.3) is 0 Å². The molecule has 9 heteroatoms. The van der Waals surface area contributed by atoms with Crippen LogP contribution in [-0.4, -0.2) is 27.7 Å². The first-order valence-corrected chi connectivity index (χ1v) is 10.0. The number of benzene rings is 2. The van der Waals surface area contributed by atoms with Crippen molar-refractivity contribution in [1.29, 1.82) is 0 Å². The predicted octanol–water partition coefficient (Wildman–Crippen LogP) is 5.99. The number of aliphatic hydroxyl groups excluding tert-OH is 1. The summed E-state index contributed by atoms with van der Waals surface area (Å²) in [5.41, 5.74) is 0.636. The van der Waals surface area contributed by atoms with E-state index >= 15 is 0 Å². The number of nitrogens with zero attached hydrogens (tertiary/aromatic N) is 2. The zero-order chi connectivity index (χ0) is 22.6. The Kier molecular flexibility index (Phi) is 7.02. The minimum absolute atomic E-state index is 0.107. The quantitative estimate of drug-likeness (QED) is 0.412. The molecule has 1 aromatic heterocycles. The molecule has 0 saturated carbocycles. The molecule has 0 radical (unpaired) electrons. The molecule has 3 N–H and O–H groups in total. The molecule has 3 aromatic rings. The summed E-state index contributed by atoms with van der Waals surface area (Å²) in [7, 11) is 0. The molecule has 0 aliphatic rings. The maximum absolute atomic E-state index is 13.2. The highest BCUT2D eigenvalue weighted by atomic mass is 35.5. The number of nitrogens with one attached hydrogen (secondary N) is 2. The van der Waals surface area contributed by atoms with E-state index in [0.29, 0.717) is 11.5 Å². The van der Waals surface area contributed by atoms with E-state index in [-0.39, 0.29) is 35.2 Å². The van der Waals surface area contributed by atoms with Gasteiger partial charge in [0.1, 0.15) is 5.82 Å². The second-order valence-corrected chi connectivity index (χ2v) is 7.73. The second kappa shape index (κ2) is 9.53. The van der Waals surface area contributed by atoms with Crippen molar-refractivity contribution >= 4 is 29.1 Å². The Labute approximate surface area is 183 Å². The van der Waals surface area contributed by atoms with Gasteiger partial charge in [-0.05, 0) is 24.1 Å². The van der Waals surface area contributed by atoms with Crippen molar-refractivity contribution in [3.63, 3.8) is 0 Å². The number of anilines is 3. The third kappa shape index (κ3) is 5.86. The highest BCUT2D eigenvalue weighted by Gasteiger charge is 2.33. The Balaban J connectivity index is 2.00. The monoisotopic (exact) mass is 450 g/mol. The maximum Gasteiger partial charge on any atom is 0.417 e. The first-order chi connectivity index (χ1) is 14.7. The SMILES string of the molecule is CC(C)[C@@H](CO)Nc1nc(Nc2ccc(Cl)c(C(F)(F)F)c2)cc(-c2ccccc2)n1. The number of rotatable bonds is 7. The first kappa shape index (κ1) is 22.8. The van der Waals surface area contributed by atoms with Gasteiger partial charge >= 0.3 is 6.18 Å². The summed E-state index contributed by atoms with van der Waals surface area (Å²) >= 11 is 5.71. The fourth-order valence-electron chi connectivity index (χ4n) is 2.89. The smallest absolute Gasteiger partial charge is 0.394 e. The number of alkyl halides is 3. The molecule has 0 bridgehead atoms. The van der Waals surface area contributed by atoms with E-state index in [1.54, 1.807) is 6.07 Å². The lowest BCUT2D eigenvalue weighted by molar-refractivity contribution is -0.137. The summed E-state index contributed by atoms with van der Waals surface area (Å²) in [5.74, 6) is 0.657. The van der Waals surface area contributed by atoms with Crippen LogP contribution < -0.4 is 10.6 Å². The molecule has 2 aromatic carbocycles. The number of hydrogen-bond acceptors (Lipinski definition) is 5. The average Bonchev–Trinajstić information content (AvgIpc) is 2.73. The molecule has 31 heavy (non-hydrogen) atoms. The van der Waals surface area contributed by atoms with Crippen molar-refractivity contribution in [2.75, 3.05) is 17.2 Å². The third-order valence-corrected chi connectivity index (χ3v) is 4.99. The van der Waals surface area contributed by atoms with Gasteiger partial charge in [0, 0.05) is 17.3 Å². The molecule has 164 valence electrons. The van der Waals surface area contributed by atoms with Crippen molar-refractivity contribution in [2.24, 2.45) is 5.92 Å². The summed E-state index contributed by atoms with van der Waals surface area (Å²) in [5, 5.41) is 15.2. The van der Waals surface area contributed by atoms with Crippen LogP contribution in [0.1, 0.15) is 19.4 Å². The number of aromatic nitrogens is 2. The van der Waals surface area contributed by atoms with Crippen LogP contribution in [-0.2, 0) is 6.18 Å². The molecule has 0 fully saturated rings. The molecule has 0 amide bonds. The van der Waals surface area contributed by atoms with Gasteiger partial charge < -0.3 is 15.7 Å². The fraction of sp³-hybridized carbons (Fsp3) is 0.273. The summed E-state index contributed by atoms with van der Waals surface area (Å²) in [4.78, 5) is 8.89. The van der Waals surface area contributed by atoms with Crippen LogP contribution in [0, 0.1) is 5.92 Å². The van der Waals surface area contributed by atoms with Gasteiger partial charge in [-0.3, -0.25) is 0 Å². The van der Waals surface area contributed by atoms with Crippen LogP contribution >= 0.6 is 11.6 Å². The van der Waals surface area contributed by atoms with Gasteiger partial charge in [-0.1, -0.05) is 55.8 Å². The first-order valence-electron chi connectivity index (χ1n) is 9.63. The van der Waals surface area contributed by atoms with E-state index < -0.39 is 11.7 Å². The molecule has 5 nitrogen and oxygen atoms in total. The maximum atomic E-state index is 13.2. The molecule has 0 unspecified atom stereocenters. The van der Waals surface area contributed by atoms with Crippen LogP contribution in [0.4, 0.5) is 30.6 Å². The molecule has 0 aliphatic heterocycles. The van der Waals surface area contributed by atoms with Crippen molar-refractivity contribution in [3.05, 3.63) is 65.2 Å². The van der Waals surface area contributed by atoms with Crippen molar-refractivity contribution in [3.8, 4) is 11.3 Å². The Hall–Kier alpha value is -2.84. The number of aliphatic hydroxyl groups is 1. The van der Waals surface area contributed by atoms with E-state index in [1.807, 2.05) is 44.2 Å². The normalized spacial score (nSPS) is 12.6. The Morgan fingerprint density at radius 1 is 1.03 bits per heavy atom. The zero-order valence-electron chi connectivity index (χ0n) is 16.9. The van der Waals surface area contributed by atoms with Gasteiger partial charge in [0.2, 0.25) is 5.95 Å². The molecule has 1 heterocycles. The summed E-state index contributed by atoms with van der Waals surface area (Å²) in [6.45, 7) is 3.77. The summed E-state index contributed by atoms with van der Waals surface area (Å²) in [6.07, 6.45) is -4.58. The van der Waals surface area contributed by atoms with E-state index in [9.17, 15) is 18.3 Å². The van der Waals surface area contributed by atoms with Crippen LogP contribution in [0.15, 0.2) is 54.6 Å². The molecule has 0 spiro atoms. The highest BCUT2D eigenvalue weighted by molar-refractivity contribution is 6.31. The molecule has 1 atom stereocenters. The van der Waals surface area contributed by atoms with Crippen molar-refractivity contribution in [1.82, 2.24) is 9.97 Å². The number of halogens is 4. The third-order valence-electron chi connectivity index (χ3n) is 4.66. The lowest BCUT2D eigenvalue weighted by Gasteiger charge is -2.21. The van der Waals surface area contributed by atoms with E-state index in [0.717, 1.165) is 11.6 Å². The molecule has 0 aliphatic carbocycles. The lowest BCUT2D eigenvalue weighted by Crippen LogP contribution is -2.30. The fourth-order valence-corrected chi connectivity index (χ4v) is 3.11. The zero-order valence-corrected chi connectivity index (χ0v) is 17.7. The number of hydrogen-bond donors (Lipinski definition) is 3. The van der Waals surface area contributed by atoms with Gasteiger partial charge in [0.05, 0.1) is 28.9 Å². The Morgan fingerprint density at radius 2 is 1.74 bits per heavy atom. The van der Waals surface area contributed by atoms with E-state index in [2.05, 4.69) is 20.6 Å². The summed E-state index contributed by atoms with van der Waals surface area (Å²) in [6, 6.07) is 14.2. The van der Waals surface area contributed by atoms with Gasteiger partial charge in [0.15, 0.2) is 0 Å². The molecular formula is C22H22ClF3N4O. The molecule has 3 rings (SSSR count). The van der Waals surface area contributed by atoms with Gasteiger partial charge in [-0.25, -0.2) is 4.98 Å². The molecule has 0 saturated heterocycles. The van der Waals surface area contributed by atoms with Crippen LogP contribution in [0.25, 0.3) is 11.3 Å². The summed E-state index contributed by atoms with van der Waals surface area (Å²) < 4.78 is 39.6. The Bertz CT molecular complexity index is 1030. The van der Waals surface area contributed by atoms with Gasteiger partial charge in [-0.2, -0.15) is 18.2 Å². The van der Waals surface area contributed by atoms with Gasteiger partial charge in [-0.15, -0.1) is 0 Å². The van der Waals surface area contributed by atoms with Crippen molar-refractivity contribution in [2.45, 2.75) is 26.1 Å². The van der Waals surface area contributed by atoms with Crippen LogP contribution in [0.2, 0.25) is 5.02 Å². The minimum atomic E-state index is -4.58. The average molecular weight is 451 g/mol. The largest absolute Gasteiger partial charge is 0.417 e. The highest BCUT2D eigenvalue weighted by Crippen LogP contribution is 2.37. The van der Waals surface area contributed by atoms with Crippen LogP contribution in [0.3, 0.4) is 0 Å². The van der Waals surface area contributed by atoms with E-state index in [1.165, 1.54) is 12.1 Å². The Morgan fingerprint density at radius 3 is 2.35 bits per heavy atom. The van der Waals surface area contributed by atoms with E-state index in [4.69, 9.17) is 11.6 Å². The molecular weight excluding hydrogens is 429 g/mol.